The van der Waals surface area contributed by atoms with Crippen LogP contribution in [0.25, 0.3) is 0 Å². The maximum absolute atomic E-state index is 12.4. The lowest BCUT2D eigenvalue weighted by atomic mass is 10.1. The van der Waals surface area contributed by atoms with E-state index in [9.17, 15) is 4.79 Å². The van der Waals surface area contributed by atoms with Gasteiger partial charge in [0.1, 0.15) is 12.4 Å². The van der Waals surface area contributed by atoms with E-state index >= 15 is 0 Å². The van der Waals surface area contributed by atoms with Crippen molar-refractivity contribution >= 4 is 17.5 Å². The van der Waals surface area contributed by atoms with Crippen LogP contribution >= 0.6 is 11.6 Å². The van der Waals surface area contributed by atoms with E-state index in [1.54, 1.807) is 16.8 Å². The quantitative estimate of drug-likeness (QED) is 0.717. The highest BCUT2D eigenvalue weighted by molar-refractivity contribution is 6.32. The van der Waals surface area contributed by atoms with E-state index in [2.05, 4.69) is 10.4 Å². The Morgan fingerprint density at radius 1 is 1.23 bits per heavy atom. The largest absolute Gasteiger partial charge is 0.487 e. The predicted molar refractivity (Wildman–Crippen MR) is 101 cm³/mol. The minimum absolute atomic E-state index is 0.132. The van der Waals surface area contributed by atoms with E-state index in [0.717, 1.165) is 16.8 Å². The fourth-order valence-electron chi connectivity index (χ4n) is 2.62. The molecule has 0 radical (unpaired) electrons. The standard InChI is InChI=1S/C20H20ClN3O2/c1-14-17(12-24(2)23-14)11-22-20(25)16-7-5-6-15(10-16)13-26-19-9-4-3-8-18(19)21/h3-10,12H,11,13H2,1-2H3,(H,22,25). The SMILES string of the molecule is Cc1nn(C)cc1CNC(=O)c1cccc(COc2ccccc2Cl)c1. The minimum atomic E-state index is -0.132. The third kappa shape index (κ3) is 4.43. The number of aromatic nitrogens is 2. The van der Waals surface area contributed by atoms with Gasteiger partial charge in [-0.25, -0.2) is 0 Å². The van der Waals surface area contributed by atoms with Gasteiger partial charge < -0.3 is 10.1 Å². The van der Waals surface area contributed by atoms with Gasteiger partial charge in [-0.2, -0.15) is 5.10 Å². The number of nitrogens with one attached hydrogen (secondary N) is 1. The molecule has 0 aliphatic rings. The summed E-state index contributed by atoms with van der Waals surface area (Å²) < 4.78 is 7.47. The average Bonchev–Trinajstić information content (AvgIpc) is 2.96. The van der Waals surface area contributed by atoms with Gasteiger partial charge in [0.2, 0.25) is 0 Å². The summed E-state index contributed by atoms with van der Waals surface area (Å²) in [6.45, 7) is 2.71. The van der Waals surface area contributed by atoms with Crippen molar-refractivity contribution in [2.45, 2.75) is 20.1 Å². The molecule has 0 aliphatic heterocycles. The van der Waals surface area contributed by atoms with Crippen molar-refractivity contribution in [3.8, 4) is 5.75 Å². The van der Waals surface area contributed by atoms with Gasteiger partial charge in [-0.3, -0.25) is 9.48 Å². The summed E-state index contributed by atoms with van der Waals surface area (Å²) >= 11 is 6.09. The van der Waals surface area contributed by atoms with Gasteiger partial charge in [0.05, 0.1) is 10.7 Å². The predicted octanol–water partition coefficient (Wildman–Crippen LogP) is 3.89. The zero-order valence-corrected chi connectivity index (χ0v) is 15.5. The van der Waals surface area contributed by atoms with Gasteiger partial charge in [-0.1, -0.05) is 35.9 Å². The fourth-order valence-corrected chi connectivity index (χ4v) is 2.82. The molecule has 0 unspecified atom stereocenters. The Labute approximate surface area is 157 Å². The fraction of sp³-hybridized carbons (Fsp3) is 0.200. The molecule has 0 saturated carbocycles. The Morgan fingerprint density at radius 3 is 2.77 bits per heavy atom. The van der Waals surface area contributed by atoms with E-state index in [4.69, 9.17) is 16.3 Å². The van der Waals surface area contributed by atoms with Gasteiger partial charge in [-0.15, -0.1) is 0 Å². The van der Waals surface area contributed by atoms with Crippen LogP contribution in [0.15, 0.2) is 54.7 Å². The third-order valence-electron chi connectivity index (χ3n) is 3.97. The number of rotatable bonds is 6. The highest BCUT2D eigenvalue weighted by Gasteiger charge is 2.09. The molecule has 26 heavy (non-hydrogen) atoms. The lowest BCUT2D eigenvalue weighted by molar-refractivity contribution is 0.0950. The number of ether oxygens (including phenoxy) is 1. The molecule has 134 valence electrons. The van der Waals surface area contributed by atoms with E-state index in [1.807, 2.05) is 56.6 Å². The molecular formula is C20H20ClN3O2. The van der Waals surface area contributed by atoms with Crippen LogP contribution in [0.4, 0.5) is 0 Å². The normalized spacial score (nSPS) is 10.6. The number of aryl methyl sites for hydroxylation is 2. The van der Waals surface area contributed by atoms with E-state index in [1.165, 1.54) is 0 Å². The molecule has 6 heteroatoms. The number of amides is 1. The summed E-state index contributed by atoms with van der Waals surface area (Å²) in [6, 6.07) is 14.7. The maximum atomic E-state index is 12.4. The number of benzene rings is 2. The zero-order valence-electron chi connectivity index (χ0n) is 14.7. The Balaban J connectivity index is 1.62. The van der Waals surface area contributed by atoms with Gasteiger partial charge in [0, 0.05) is 30.9 Å². The number of carbonyl (C=O) groups is 1. The van der Waals surface area contributed by atoms with E-state index in [0.29, 0.717) is 29.5 Å². The molecule has 5 nitrogen and oxygen atoms in total. The molecule has 0 saturated heterocycles. The molecule has 2 aromatic carbocycles. The molecule has 0 bridgehead atoms. The van der Waals surface area contributed by atoms with Gasteiger partial charge in [0.25, 0.3) is 5.91 Å². The minimum Gasteiger partial charge on any atom is -0.487 e. The molecule has 1 N–H and O–H groups in total. The second-order valence-corrected chi connectivity index (χ2v) is 6.42. The van der Waals surface area contributed by atoms with E-state index in [-0.39, 0.29) is 5.91 Å². The van der Waals surface area contributed by atoms with Gasteiger partial charge in [0.15, 0.2) is 0 Å². The highest BCUT2D eigenvalue weighted by atomic mass is 35.5. The second-order valence-electron chi connectivity index (χ2n) is 6.02. The summed E-state index contributed by atoms with van der Waals surface area (Å²) in [5, 5.41) is 7.76. The Morgan fingerprint density at radius 2 is 2.04 bits per heavy atom. The molecule has 0 spiro atoms. The summed E-state index contributed by atoms with van der Waals surface area (Å²) in [4.78, 5) is 12.4. The smallest absolute Gasteiger partial charge is 0.251 e. The lowest BCUT2D eigenvalue weighted by Gasteiger charge is -2.09. The first-order valence-corrected chi connectivity index (χ1v) is 8.64. The monoisotopic (exact) mass is 369 g/mol. The first-order valence-electron chi connectivity index (χ1n) is 8.26. The molecule has 1 heterocycles. The van der Waals surface area contributed by atoms with Crippen molar-refractivity contribution in [2.75, 3.05) is 0 Å². The molecule has 1 aromatic heterocycles. The topological polar surface area (TPSA) is 56.2 Å². The van der Waals surface area contributed by atoms with Crippen LogP contribution in [0.2, 0.25) is 5.02 Å². The molecular weight excluding hydrogens is 350 g/mol. The van der Waals surface area contributed by atoms with Crippen LogP contribution in [-0.2, 0) is 20.2 Å². The molecule has 3 rings (SSSR count). The first kappa shape index (κ1) is 18.0. The van der Waals surface area contributed by atoms with Crippen molar-refractivity contribution in [2.24, 2.45) is 7.05 Å². The summed E-state index contributed by atoms with van der Waals surface area (Å²) in [7, 11) is 1.86. The summed E-state index contributed by atoms with van der Waals surface area (Å²) in [6.07, 6.45) is 1.91. The second kappa shape index (κ2) is 8.06. The van der Waals surface area contributed by atoms with Crippen molar-refractivity contribution in [3.63, 3.8) is 0 Å². The lowest BCUT2D eigenvalue weighted by Crippen LogP contribution is -2.23. The van der Waals surface area contributed by atoms with Crippen LogP contribution in [0.1, 0.15) is 27.2 Å². The Hall–Kier alpha value is -2.79. The number of para-hydroxylation sites is 1. The van der Waals surface area contributed by atoms with Gasteiger partial charge in [-0.05, 0) is 36.8 Å². The summed E-state index contributed by atoms with van der Waals surface area (Å²) in [5.41, 5.74) is 3.40. The summed E-state index contributed by atoms with van der Waals surface area (Å²) in [5.74, 6) is 0.490. The van der Waals surface area contributed by atoms with Crippen molar-refractivity contribution in [1.29, 1.82) is 0 Å². The number of nitrogens with zero attached hydrogens (tertiary/aromatic N) is 2. The van der Waals surface area contributed by atoms with Crippen LogP contribution in [0.5, 0.6) is 5.75 Å². The van der Waals surface area contributed by atoms with Crippen LogP contribution < -0.4 is 10.1 Å². The third-order valence-corrected chi connectivity index (χ3v) is 4.29. The molecule has 0 fully saturated rings. The average molecular weight is 370 g/mol. The Kier molecular flexibility index (Phi) is 5.58. The van der Waals surface area contributed by atoms with E-state index < -0.39 is 0 Å². The highest BCUT2D eigenvalue weighted by Crippen LogP contribution is 2.24. The van der Waals surface area contributed by atoms with Crippen LogP contribution in [-0.4, -0.2) is 15.7 Å². The van der Waals surface area contributed by atoms with Crippen LogP contribution in [0.3, 0.4) is 0 Å². The maximum Gasteiger partial charge on any atom is 0.251 e. The molecule has 0 aliphatic carbocycles. The van der Waals surface area contributed by atoms with Crippen molar-refractivity contribution < 1.29 is 9.53 Å². The van der Waals surface area contributed by atoms with Crippen molar-refractivity contribution in [1.82, 2.24) is 15.1 Å². The first-order chi connectivity index (χ1) is 12.5. The Bertz CT molecular complexity index is 921. The van der Waals surface area contributed by atoms with Crippen LogP contribution in [0, 0.1) is 6.92 Å². The zero-order chi connectivity index (χ0) is 18.5. The van der Waals surface area contributed by atoms with Crippen molar-refractivity contribution in [3.05, 3.63) is 82.1 Å². The number of hydrogen-bond acceptors (Lipinski definition) is 3. The van der Waals surface area contributed by atoms with Gasteiger partial charge >= 0.3 is 0 Å². The number of hydrogen-bond donors (Lipinski definition) is 1. The number of carbonyl (C=O) groups excluding carboxylic acids is 1. The molecule has 3 aromatic rings. The molecule has 0 atom stereocenters. The molecule has 1 amide bonds. The number of halogens is 1.